The predicted octanol–water partition coefficient (Wildman–Crippen LogP) is 2.72. The molecule has 6 nitrogen and oxygen atoms in total. The molecule has 1 heterocycles. The fraction of sp³-hybridized carbons (Fsp3) is 0.353. The van der Waals surface area contributed by atoms with Crippen LogP contribution >= 0.6 is 0 Å². The summed E-state index contributed by atoms with van der Waals surface area (Å²) in [6.07, 6.45) is -3.47. The van der Waals surface area contributed by atoms with E-state index in [4.69, 9.17) is 0 Å². The molecule has 2 rings (SSSR count). The third-order valence-electron chi connectivity index (χ3n) is 3.57. The first-order valence-corrected chi connectivity index (χ1v) is 8.13. The van der Waals surface area contributed by atoms with E-state index in [-0.39, 0.29) is 18.3 Å². The molecule has 0 spiro atoms. The molecule has 0 aliphatic heterocycles. The highest BCUT2D eigenvalue weighted by atomic mass is 19.4. The van der Waals surface area contributed by atoms with E-state index in [0.29, 0.717) is 24.6 Å². The van der Waals surface area contributed by atoms with Crippen molar-refractivity contribution in [3.63, 3.8) is 0 Å². The minimum Gasteiger partial charge on any atom is -0.355 e. The molecule has 3 N–H and O–H groups in total. The van der Waals surface area contributed by atoms with Crippen molar-refractivity contribution in [3.05, 3.63) is 53.1 Å². The quantitative estimate of drug-likeness (QED) is 0.309. The SMILES string of the molecule is CN=C(NCCNc1nccc(C(F)(F)F)n1)NCc1ccc(C)c(F)c1. The van der Waals surface area contributed by atoms with Crippen LogP contribution in [0.25, 0.3) is 0 Å². The van der Waals surface area contributed by atoms with Crippen LogP contribution in [0.4, 0.5) is 23.5 Å². The number of hydrogen-bond acceptors (Lipinski definition) is 4. The van der Waals surface area contributed by atoms with Crippen molar-refractivity contribution in [2.24, 2.45) is 4.99 Å². The van der Waals surface area contributed by atoms with Crippen molar-refractivity contribution in [3.8, 4) is 0 Å². The maximum Gasteiger partial charge on any atom is 0.433 e. The second-order valence-electron chi connectivity index (χ2n) is 5.63. The number of aryl methyl sites for hydroxylation is 1. The summed E-state index contributed by atoms with van der Waals surface area (Å²) in [7, 11) is 1.58. The zero-order valence-corrected chi connectivity index (χ0v) is 14.9. The van der Waals surface area contributed by atoms with Gasteiger partial charge in [0.2, 0.25) is 5.95 Å². The number of anilines is 1. The maximum absolute atomic E-state index is 13.5. The first kappa shape index (κ1) is 20.4. The number of rotatable bonds is 6. The standard InChI is InChI=1S/C17H20F4N6/c1-11-3-4-12(9-13(11)18)10-26-15(22-2)24-7-8-25-16-23-6-5-14(27-16)17(19,20)21/h3-6,9H,7-8,10H2,1-2H3,(H2,22,24,26)(H,23,25,27). The first-order valence-electron chi connectivity index (χ1n) is 8.13. The number of benzene rings is 1. The Kier molecular flexibility index (Phi) is 6.91. The smallest absolute Gasteiger partial charge is 0.355 e. The maximum atomic E-state index is 13.5. The summed E-state index contributed by atoms with van der Waals surface area (Å²) in [6, 6.07) is 5.76. The van der Waals surface area contributed by atoms with Crippen LogP contribution in [0.15, 0.2) is 35.5 Å². The summed E-state index contributed by atoms with van der Waals surface area (Å²) in [5.74, 6) is 0.0926. The summed E-state index contributed by atoms with van der Waals surface area (Å²) < 4.78 is 51.3. The summed E-state index contributed by atoms with van der Waals surface area (Å²) in [5.41, 5.74) is 0.330. The number of alkyl halides is 3. The molecule has 0 aliphatic rings. The Morgan fingerprint density at radius 2 is 1.93 bits per heavy atom. The number of aliphatic imine (C=N–C) groups is 1. The number of nitrogens with one attached hydrogen (secondary N) is 3. The van der Waals surface area contributed by atoms with Gasteiger partial charge in [-0.1, -0.05) is 12.1 Å². The highest BCUT2D eigenvalue weighted by molar-refractivity contribution is 5.79. The van der Waals surface area contributed by atoms with Gasteiger partial charge in [0.15, 0.2) is 5.96 Å². The van der Waals surface area contributed by atoms with E-state index in [1.807, 2.05) is 6.07 Å². The normalized spacial score (nSPS) is 12.0. The highest BCUT2D eigenvalue weighted by Gasteiger charge is 2.32. The molecule has 0 amide bonds. The Labute approximate surface area is 154 Å². The van der Waals surface area contributed by atoms with Gasteiger partial charge in [0.25, 0.3) is 0 Å². The third-order valence-corrected chi connectivity index (χ3v) is 3.57. The lowest BCUT2D eigenvalue weighted by atomic mass is 10.1. The topological polar surface area (TPSA) is 74.2 Å². The van der Waals surface area contributed by atoms with E-state index < -0.39 is 11.9 Å². The van der Waals surface area contributed by atoms with Crippen molar-refractivity contribution in [2.45, 2.75) is 19.6 Å². The Bertz CT molecular complexity index is 791. The van der Waals surface area contributed by atoms with Crippen LogP contribution in [0.2, 0.25) is 0 Å². The molecular weight excluding hydrogens is 364 g/mol. The van der Waals surface area contributed by atoms with Gasteiger partial charge in [-0.3, -0.25) is 4.99 Å². The zero-order chi connectivity index (χ0) is 19.9. The molecule has 0 unspecified atom stereocenters. The predicted molar refractivity (Wildman–Crippen MR) is 94.9 cm³/mol. The van der Waals surface area contributed by atoms with E-state index in [0.717, 1.165) is 17.8 Å². The number of aromatic nitrogens is 2. The van der Waals surface area contributed by atoms with Gasteiger partial charge in [0.05, 0.1) is 0 Å². The fourth-order valence-electron chi connectivity index (χ4n) is 2.11. The number of guanidine groups is 1. The van der Waals surface area contributed by atoms with Gasteiger partial charge in [-0.15, -0.1) is 0 Å². The molecule has 1 aromatic heterocycles. The fourth-order valence-corrected chi connectivity index (χ4v) is 2.11. The summed E-state index contributed by atoms with van der Waals surface area (Å²) in [6.45, 7) is 2.71. The number of halogens is 4. The molecule has 1 aromatic carbocycles. The van der Waals surface area contributed by atoms with E-state index in [1.165, 1.54) is 6.07 Å². The summed E-state index contributed by atoms with van der Waals surface area (Å²) in [5, 5.41) is 8.72. The average Bonchev–Trinajstić information content (AvgIpc) is 2.63. The molecule has 0 aliphatic carbocycles. The van der Waals surface area contributed by atoms with Crippen molar-refractivity contribution >= 4 is 11.9 Å². The molecule has 0 radical (unpaired) electrons. The Morgan fingerprint density at radius 1 is 1.15 bits per heavy atom. The highest BCUT2D eigenvalue weighted by Crippen LogP contribution is 2.27. The number of nitrogens with zero attached hydrogens (tertiary/aromatic N) is 3. The van der Waals surface area contributed by atoms with Gasteiger partial charge in [-0.25, -0.2) is 14.4 Å². The van der Waals surface area contributed by atoms with Crippen LogP contribution in [0, 0.1) is 12.7 Å². The minimum atomic E-state index is -4.51. The van der Waals surface area contributed by atoms with Crippen LogP contribution in [-0.2, 0) is 12.7 Å². The monoisotopic (exact) mass is 384 g/mol. The van der Waals surface area contributed by atoms with Crippen molar-refractivity contribution in [2.75, 3.05) is 25.5 Å². The van der Waals surface area contributed by atoms with Gasteiger partial charge in [0.1, 0.15) is 11.5 Å². The molecule has 0 saturated carbocycles. The van der Waals surface area contributed by atoms with Crippen molar-refractivity contribution < 1.29 is 17.6 Å². The van der Waals surface area contributed by atoms with Crippen LogP contribution < -0.4 is 16.0 Å². The second kappa shape index (κ2) is 9.15. The van der Waals surface area contributed by atoms with Gasteiger partial charge >= 0.3 is 6.18 Å². The molecule has 0 bridgehead atoms. The molecule has 27 heavy (non-hydrogen) atoms. The summed E-state index contributed by atoms with van der Waals surface area (Å²) in [4.78, 5) is 11.2. The van der Waals surface area contributed by atoms with E-state index >= 15 is 0 Å². The molecule has 10 heteroatoms. The average molecular weight is 384 g/mol. The molecule has 0 fully saturated rings. The molecule has 0 atom stereocenters. The van der Waals surface area contributed by atoms with E-state index in [2.05, 4.69) is 30.9 Å². The number of hydrogen-bond donors (Lipinski definition) is 3. The lowest BCUT2D eigenvalue weighted by molar-refractivity contribution is -0.141. The van der Waals surface area contributed by atoms with Gasteiger partial charge in [-0.2, -0.15) is 13.2 Å². The van der Waals surface area contributed by atoms with Crippen molar-refractivity contribution in [1.29, 1.82) is 0 Å². The van der Waals surface area contributed by atoms with Crippen LogP contribution in [0.5, 0.6) is 0 Å². The van der Waals surface area contributed by atoms with Gasteiger partial charge in [0, 0.05) is 32.9 Å². The third kappa shape index (κ3) is 6.39. The van der Waals surface area contributed by atoms with Gasteiger partial charge < -0.3 is 16.0 Å². The zero-order valence-electron chi connectivity index (χ0n) is 14.9. The minimum absolute atomic E-state index is 0.107. The first-order chi connectivity index (χ1) is 12.8. The lowest BCUT2D eigenvalue weighted by Crippen LogP contribution is -2.39. The molecular formula is C17H20F4N6. The Balaban J connectivity index is 1.77. The Morgan fingerprint density at radius 3 is 2.59 bits per heavy atom. The van der Waals surface area contributed by atoms with Crippen LogP contribution in [0.1, 0.15) is 16.8 Å². The Hall–Kier alpha value is -2.91. The van der Waals surface area contributed by atoms with Crippen LogP contribution in [-0.4, -0.2) is 36.1 Å². The largest absolute Gasteiger partial charge is 0.433 e. The molecule has 146 valence electrons. The lowest BCUT2D eigenvalue weighted by Gasteiger charge is -2.13. The van der Waals surface area contributed by atoms with Crippen molar-refractivity contribution in [1.82, 2.24) is 20.6 Å². The molecule has 2 aromatic rings. The van der Waals surface area contributed by atoms with E-state index in [9.17, 15) is 17.6 Å². The van der Waals surface area contributed by atoms with Crippen LogP contribution in [0.3, 0.4) is 0 Å². The summed E-state index contributed by atoms with van der Waals surface area (Å²) >= 11 is 0. The molecule has 0 saturated heterocycles. The van der Waals surface area contributed by atoms with Gasteiger partial charge in [-0.05, 0) is 30.2 Å². The second-order valence-corrected chi connectivity index (χ2v) is 5.63. The van der Waals surface area contributed by atoms with E-state index in [1.54, 1.807) is 20.0 Å².